The summed E-state index contributed by atoms with van der Waals surface area (Å²) in [6.45, 7) is 1.89. The predicted octanol–water partition coefficient (Wildman–Crippen LogP) is 2.55. The Labute approximate surface area is 91.1 Å². The second kappa shape index (κ2) is 3.61. The molecule has 1 aromatic rings. The highest BCUT2D eigenvalue weighted by atomic mass is 19.4. The van der Waals surface area contributed by atoms with Crippen molar-refractivity contribution in [2.24, 2.45) is 0 Å². The van der Waals surface area contributed by atoms with Crippen molar-refractivity contribution in [3.8, 4) is 0 Å². The Kier molecular flexibility index (Phi) is 2.52. The van der Waals surface area contributed by atoms with E-state index in [1.807, 2.05) is 6.92 Å². The van der Waals surface area contributed by atoms with Gasteiger partial charge in [0.25, 0.3) is 0 Å². The highest BCUT2D eigenvalue weighted by Crippen LogP contribution is 2.50. The molecule has 0 aromatic carbocycles. The van der Waals surface area contributed by atoms with Crippen LogP contribution in [0.3, 0.4) is 0 Å². The standard InChI is InChI=1S/C10H12F3N3/c1-2-7-5-8(15-6-14-7)16-9(3-4-9)10(11,12)13/h5-6H,2-4H2,1H3,(H,14,15,16). The largest absolute Gasteiger partial charge is 0.411 e. The lowest BCUT2D eigenvalue weighted by Crippen LogP contribution is -2.38. The summed E-state index contributed by atoms with van der Waals surface area (Å²) in [5, 5.41) is 2.47. The number of anilines is 1. The Hall–Kier alpha value is -1.33. The number of hydrogen-bond donors (Lipinski definition) is 1. The fourth-order valence-corrected chi connectivity index (χ4v) is 1.51. The number of aryl methyl sites for hydroxylation is 1. The van der Waals surface area contributed by atoms with E-state index in [4.69, 9.17) is 0 Å². The Bertz CT molecular complexity index is 385. The normalized spacial score (nSPS) is 18.2. The van der Waals surface area contributed by atoms with Crippen LogP contribution in [0.25, 0.3) is 0 Å². The molecule has 6 heteroatoms. The molecule has 0 bridgehead atoms. The quantitative estimate of drug-likeness (QED) is 0.868. The predicted molar refractivity (Wildman–Crippen MR) is 53.1 cm³/mol. The van der Waals surface area contributed by atoms with Crippen LogP contribution in [0.5, 0.6) is 0 Å². The highest BCUT2D eigenvalue weighted by Gasteiger charge is 2.63. The van der Waals surface area contributed by atoms with Gasteiger partial charge in [0.1, 0.15) is 17.7 Å². The first-order chi connectivity index (χ1) is 7.47. The number of halogens is 3. The van der Waals surface area contributed by atoms with Crippen molar-refractivity contribution in [2.75, 3.05) is 5.32 Å². The lowest BCUT2D eigenvalue weighted by molar-refractivity contribution is -0.151. The number of nitrogens with zero attached hydrogens (tertiary/aromatic N) is 2. The van der Waals surface area contributed by atoms with Crippen LogP contribution < -0.4 is 5.32 Å². The molecule has 2 rings (SSSR count). The Morgan fingerprint density at radius 2 is 2.06 bits per heavy atom. The first kappa shape index (κ1) is 11.2. The molecule has 3 nitrogen and oxygen atoms in total. The molecule has 1 aliphatic rings. The van der Waals surface area contributed by atoms with Crippen LogP contribution in [0.2, 0.25) is 0 Å². The third-order valence-corrected chi connectivity index (χ3v) is 2.75. The van der Waals surface area contributed by atoms with E-state index in [-0.39, 0.29) is 18.7 Å². The van der Waals surface area contributed by atoms with Crippen molar-refractivity contribution in [1.82, 2.24) is 9.97 Å². The van der Waals surface area contributed by atoms with Crippen LogP contribution in [0.15, 0.2) is 12.4 Å². The summed E-state index contributed by atoms with van der Waals surface area (Å²) in [6.07, 6.45) is -2.03. The van der Waals surface area contributed by atoms with Crippen molar-refractivity contribution in [3.63, 3.8) is 0 Å². The summed E-state index contributed by atoms with van der Waals surface area (Å²) in [5.74, 6) is 0.252. The van der Waals surface area contributed by atoms with Crippen LogP contribution in [0.4, 0.5) is 19.0 Å². The molecule has 1 heterocycles. The second-order valence-electron chi connectivity index (χ2n) is 3.95. The molecule has 1 saturated carbocycles. The zero-order chi connectivity index (χ0) is 11.8. The van der Waals surface area contributed by atoms with Gasteiger partial charge in [0.15, 0.2) is 0 Å². The average molecular weight is 231 g/mol. The number of nitrogens with one attached hydrogen (secondary N) is 1. The Balaban J connectivity index is 2.15. The molecule has 0 aliphatic heterocycles. The van der Waals surface area contributed by atoms with Gasteiger partial charge in [-0.25, -0.2) is 9.97 Å². The summed E-state index contributed by atoms with van der Waals surface area (Å²) in [5.41, 5.74) is -1.03. The van der Waals surface area contributed by atoms with E-state index < -0.39 is 11.7 Å². The van der Waals surface area contributed by atoms with Gasteiger partial charge < -0.3 is 5.32 Å². The smallest absolute Gasteiger partial charge is 0.356 e. The third kappa shape index (κ3) is 1.96. The van der Waals surface area contributed by atoms with E-state index in [1.54, 1.807) is 6.07 Å². The van der Waals surface area contributed by atoms with Gasteiger partial charge in [-0.05, 0) is 19.3 Å². The number of rotatable bonds is 3. The van der Waals surface area contributed by atoms with E-state index in [0.29, 0.717) is 6.42 Å². The van der Waals surface area contributed by atoms with Gasteiger partial charge in [-0.1, -0.05) is 6.92 Å². The Morgan fingerprint density at radius 1 is 1.38 bits per heavy atom. The van der Waals surface area contributed by atoms with Crippen LogP contribution in [-0.4, -0.2) is 21.7 Å². The van der Waals surface area contributed by atoms with Gasteiger partial charge in [0.05, 0.1) is 0 Å². The highest BCUT2D eigenvalue weighted by molar-refractivity contribution is 5.42. The molecule has 0 amide bonds. The van der Waals surface area contributed by atoms with Crippen LogP contribution in [-0.2, 0) is 6.42 Å². The van der Waals surface area contributed by atoms with Gasteiger partial charge in [0, 0.05) is 11.8 Å². The minimum Gasteiger partial charge on any atom is -0.356 e. The maximum absolute atomic E-state index is 12.7. The van der Waals surface area contributed by atoms with Crippen molar-refractivity contribution in [1.29, 1.82) is 0 Å². The van der Waals surface area contributed by atoms with Crippen molar-refractivity contribution >= 4 is 5.82 Å². The van der Waals surface area contributed by atoms with Crippen molar-refractivity contribution in [3.05, 3.63) is 18.1 Å². The van der Waals surface area contributed by atoms with Gasteiger partial charge in [-0.3, -0.25) is 0 Å². The maximum Gasteiger partial charge on any atom is 0.411 e. The molecule has 16 heavy (non-hydrogen) atoms. The van der Waals surface area contributed by atoms with Gasteiger partial charge in [0.2, 0.25) is 0 Å². The minimum atomic E-state index is -4.22. The topological polar surface area (TPSA) is 37.8 Å². The van der Waals surface area contributed by atoms with Gasteiger partial charge in [-0.2, -0.15) is 13.2 Å². The molecule has 1 fully saturated rings. The van der Waals surface area contributed by atoms with Crippen LogP contribution in [0.1, 0.15) is 25.5 Å². The summed E-state index contributed by atoms with van der Waals surface area (Å²) in [4.78, 5) is 7.74. The van der Waals surface area contributed by atoms with E-state index >= 15 is 0 Å². The lowest BCUT2D eigenvalue weighted by atomic mass is 10.2. The van der Waals surface area contributed by atoms with Gasteiger partial charge in [-0.15, -0.1) is 0 Å². The summed E-state index contributed by atoms with van der Waals surface area (Å²) >= 11 is 0. The van der Waals surface area contributed by atoms with E-state index in [2.05, 4.69) is 15.3 Å². The van der Waals surface area contributed by atoms with Gasteiger partial charge >= 0.3 is 6.18 Å². The number of alkyl halides is 3. The van der Waals surface area contributed by atoms with Crippen LogP contribution >= 0.6 is 0 Å². The van der Waals surface area contributed by atoms with Crippen LogP contribution in [0, 0.1) is 0 Å². The number of hydrogen-bond acceptors (Lipinski definition) is 3. The monoisotopic (exact) mass is 231 g/mol. The first-order valence-electron chi connectivity index (χ1n) is 5.13. The molecular formula is C10H12F3N3. The summed E-state index contributed by atoms with van der Waals surface area (Å²) in [6, 6.07) is 1.56. The fourth-order valence-electron chi connectivity index (χ4n) is 1.51. The molecule has 0 radical (unpaired) electrons. The molecule has 1 aliphatic carbocycles. The van der Waals surface area contributed by atoms with Crippen molar-refractivity contribution < 1.29 is 13.2 Å². The molecular weight excluding hydrogens is 219 g/mol. The summed E-state index contributed by atoms with van der Waals surface area (Å²) < 4.78 is 38.0. The molecule has 0 saturated heterocycles. The molecule has 0 atom stereocenters. The fraction of sp³-hybridized carbons (Fsp3) is 0.600. The van der Waals surface area contributed by atoms with E-state index in [9.17, 15) is 13.2 Å². The number of aromatic nitrogens is 2. The zero-order valence-corrected chi connectivity index (χ0v) is 8.80. The zero-order valence-electron chi connectivity index (χ0n) is 8.80. The lowest BCUT2D eigenvalue weighted by Gasteiger charge is -2.21. The van der Waals surface area contributed by atoms with E-state index in [0.717, 1.165) is 5.69 Å². The summed E-state index contributed by atoms with van der Waals surface area (Å²) in [7, 11) is 0. The third-order valence-electron chi connectivity index (χ3n) is 2.75. The first-order valence-corrected chi connectivity index (χ1v) is 5.13. The molecule has 0 spiro atoms. The molecule has 88 valence electrons. The second-order valence-corrected chi connectivity index (χ2v) is 3.95. The maximum atomic E-state index is 12.7. The Morgan fingerprint density at radius 3 is 2.56 bits per heavy atom. The molecule has 1 aromatic heterocycles. The van der Waals surface area contributed by atoms with Crippen molar-refractivity contribution in [2.45, 2.75) is 37.9 Å². The average Bonchev–Trinajstić information content (AvgIpc) is 2.98. The minimum absolute atomic E-state index is 0.113. The van der Waals surface area contributed by atoms with E-state index in [1.165, 1.54) is 6.33 Å². The SMILES string of the molecule is CCc1cc(NC2(C(F)(F)F)CC2)ncn1. The molecule has 0 unspecified atom stereocenters. The molecule has 1 N–H and O–H groups in total.